The monoisotopic (exact) mass is 320 g/mol. The summed E-state index contributed by atoms with van der Waals surface area (Å²) in [6.07, 6.45) is 27.2. The van der Waals surface area contributed by atoms with E-state index in [4.69, 9.17) is 0 Å². The first-order chi connectivity index (χ1) is 11.3. The van der Waals surface area contributed by atoms with E-state index in [9.17, 15) is 4.79 Å². The first-order valence-electron chi connectivity index (χ1n) is 9.34. The van der Waals surface area contributed by atoms with Crippen molar-refractivity contribution in [3.63, 3.8) is 0 Å². The number of ether oxygens (including phenoxy) is 1. The molecule has 2 heteroatoms. The zero-order valence-electron chi connectivity index (χ0n) is 15.3. The second-order valence-corrected chi connectivity index (χ2v) is 5.93. The number of rotatable bonds is 15. The van der Waals surface area contributed by atoms with Crippen LogP contribution >= 0.6 is 0 Å². The molecule has 0 aromatic carbocycles. The lowest BCUT2D eigenvalue weighted by Crippen LogP contribution is -1.97. The molecule has 2 nitrogen and oxygen atoms in total. The summed E-state index contributed by atoms with van der Waals surface area (Å²) in [4.78, 5) is 10.9. The fourth-order valence-corrected chi connectivity index (χ4v) is 2.27. The Hall–Kier alpha value is -1.31. The van der Waals surface area contributed by atoms with Gasteiger partial charge >= 0.3 is 5.97 Å². The highest BCUT2D eigenvalue weighted by atomic mass is 16.5. The smallest absolute Gasteiger partial charge is 0.305 e. The van der Waals surface area contributed by atoms with Crippen LogP contribution in [0, 0.1) is 0 Å². The summed E-state index contributed by atoms with van der Waals surface area (Å²) in [6, 6.07) is 0. The molecule has 0 atom stereocenters. The number of hydrogen-bond donors (Lipinski definition) is 0. The molecule has 23 heavy (non-hydrogen) atoms. The van der Waals surface area contributed by atoms with Gasteiger partial charge in [-0.15, -0.1) is 0 Å². The highest BCUT2D eigenvalue weighted by Gasteiger charge is 1.94. The molecule has 0 N–H and O–H groups in total. The van der Waals surface area contributed by atoms with Crippen LogP contribution < -0.4 is 0 Å². The third kappa shape index (κ3) is 18.6. The topological polar surface area (TPSA) is 26.3 Å². The molecule has 0 unspecified atom stereocenters. The molecule has 0 saturated heterocycles. The molecule has 132 valence electrons. The molecule has 0 amide bonds. The zero-order chi connectivity index (χ0) is 17.0. The van der Waals surface area contributed by atoms with E-state index in [0.717, 1.165) is 12.8 Å². The zero-order valence-corrected chi connectivity index (χ0v) is 15.3. The van der Waals surface area contributed by atoms with Crippen molar-refractivity contribution in [2.45, 2.75) is 84.0 Å². The summed E-state index contributed by atoms with van der Waals surface area (Å²) in [5.74, 6) is -0.143. The van der Waals surface area contributed by atoms with Gasteiger partial charge in [0, 0.05) is 6.42 Å². The molecule has 0 spiro atoms. The maximum atomic E-state index is 10.9. The van der Waals surface area contributed by atoms with Crippen LogP contribution in [0.1, 0.15) is 84.0 Å². The van der Waals surface area contributed by atoms with Crippen molar-refractivity contribution >= 4 is 5.97 Å². The summed E-state index contributed by atoms with van der Waals surface area (Å²) >= 11 is 0. The van der Waals surface area contributed by atoms with Crippen LogP contribution in [-0.4, -0.2) is 13.1 Å². The largest absolute Gasteiger partial charge is 0.469 e. The quantitative estimate of drug-likeness (QED) is 0.148. The van der Waals surface area contributed by atoms with Crippen molar-refractivity contribution in [2.24, 2.45) is 0 Å². The fourth-order valence-electron chi connectivity index (χ4n) is 2.27. The average Bonchev–Trinajstić information content (AvgIpc) is 2.57. The van der Waals surface area contributed by atoms with Crippen LogP contribution in [0.2, 0.25) is 0 Å². The lowest BCUT2D eigenvalue weighted by molar-refractivity contribution is -0.140. The van der Waals surface area contributed by atoms with E-state index < -0.39 is 0 Å². The van der Waals surface area contributed by atoms with Gasteiger partial charge in [0.2, 0.25) is 0 Å². The predicted octanol–water partition coefficient (Wildman–Crippen LogP) is 6.53. The van der Waals surface area contributed by atoms with Crippen molar-refractivity contribution in [3.05, 3.63) is 36.5 Å². The summed E-state index contributed by atoms with van der Waals surface area (Å²) in [6.45, 7) is 2.24. The molecule has 0 rings (SSSR count). The Bertz CT molecular complexity index is 340. The molecule has 0 aliphatic carbocycles. The van der Waals surface area contributed by atoms with Crippen molar-refractivity contribution < 1.29 is 9.53 Å². The van der Waals surface area contributed by atoms with Crippen LogP contribution in [0.4, 0.5) is 0 Å². The van der Waals surface area contributed by atoms with E-state index in [-0.39, 0.29) is 5.97 Å². The van der Waals surface area contributed by atoms with Gasteiger partial charge in [0.1, 0.15) is 0 Å². The van der Waals surface area contributed by atoms with Gasteiger partial charge in [-0.25, -0.2) is 0 Å². The Morgan fingerprint density at radius 2 is 1.26 bits per heavy atom. The molecule has 0 heterocycles. The SMILES string of the molecule is CCCC/C=C/CCCCCCC/C=C/C=C/CCC(=O)OC. The van der Waals surface area contributed by atoms with E-state index in [1.807, 2.05) is 12.2 Å². The van der Waals surface area contributed by atoms with Gasteiger partial charge in [-0.2, -0.15) is 0 Å². The summed E-state index contributed by atoms with van der Waals surface area (Å²) < 4.78 is 4.58. The molecular formula is C21H36O2. The molecule has 0 aliphatic heterocycles. The minimum Gasteiger partial charge on any atom is -0.469 e. The third-order valence-electron chi connectivity index (χ3n) is 3.76. The van der Waals surface area contributed by atoms with E-state index in [1.165, 1.54) is 64.9 Å². The summed E-state index contributed by atoms with van der Waals surface area (Å²) in [5.41, 5.74) is 0. The number of allylic oxidation sites excluding steroid dienone is 6. The standard InChI is InChI=1S/C21H36O2/c1-3-4-5-6-7-8-9-10-11-12-13-14-15-16-17-18-19-20-21(22)23-2/h6-7,15-18H,3-5,8-14,19-20H2,1-2H3/b7-6+,16-15+,18-17+. The molecule has 0 aromatic rings. The molecule has 0 bridgehead atoms. The Balaban J connectivity index is 3.26. The summed E-state index contributed by atoms with van der Waals surface area (Å²) in [7, 11) is 1.43. The lowest BCUT2D eigenvalue weighted by atomic mass is 10.1. The van der Waals surface area contributed by atoms with Crippen LogP contribution in [0.5, 0.6) is 0 Å². The van der Waals surface area contributed by atoms with E-state index in [1.54, 1.807) is 0 Å². The number of unbranched alkanes of at least 4 members (excludes halogenated alkanes) is 8. The molecule has 0 saturated carbocycles. The van der Waals surface area contributed by atoms with Crippen LogP contribution in [0.3, 0.4) is 0 Å². The number of hydrogen-bond acceptors (Lipinski definition) is 2. The molecule has 0 radical (unpaired) electrons. The van der Waals surface area contributed by atoms with Crippen molar-refractivity contribution in [1.82, 2.24) is 0 Å². The third-order valence-corrected chi connectivity index (χ3v) is 3.76. The first kappa shape index (κ1) is 21.7. The maximum Gasteiger partial charge on any atom is 0.305 e. The lowest BCUT2D eigenvalue weighted by Gasteiger charge is -1.98. The van der Waals surface area contributed by atoms with Gasteiger partial charge < -0.3 is 4.74 Å². The predicted molar refractivity (Wildman–Crippen MR) is 101 cm³/mol. The normalized spacial score (nSPS) is 11.9. The Kier molecular flexibility index (Phi) is 17.7. The van der Waals surface area contributed by atoms with Gasteiger partial charge in [-0.1, -0.05) is 75.5 Å². The van der Waals surface area contributed by atoms with Crippen molar-refractivity contribution in [2.75, 3.05) is 7.11 Å². The van der Waals surface area contributed by atoms with Crippen LogP contribution in [0.25, 0.3) is 0 Å². The minimum absolute atomic E-state index is 0.143. The highest BCUT2D eigenvalue weighted by molar-refractivity contribution is 5.69. The number of carbonyl (C=O) groups is 1. The molecular weight excluding hydrogens is 284 g/mol. The van der Waals surface area contributed by atoms with Crippen LogP contribution in [-0.2, 0) is 9.53 Å². The van der Waals surface area contributed by atoms with Crippen LogP contribution in [0.15, 0.2) is 36.5 Å². The van der Waals surface area contributed by atoms with Gasteiger partial charge in [-0.05, 0) is 38.5 Å². The molecule has 0 fully saturated rings. The van der Waals surface area contributed by atoms with Gasteiger partial charge in [0.15, 0.2) is 0 Å². The van der Waals surface area contributed by atoms with E-state index >= 15 is 0 Å². The summed E-state index contributed by atoms with van der Waals surface area (Å²) in [5, 5.41) is 0. The Morgan fingerprint density at radius 3 is 1.87 bits per heavy atom. The van der Waals surface area contributed by atoms with E-state index in [2.05, 4.69) is 36.0 Å². The van der Waals surface area contributed by atoms with Gasteiger partial charge in [-0.3, -0.25) is 4.79 Å². The van der Waals surface area contributed by atoms with Gasteiger partial charge in [0.05, 0.1) is 7.11 Å². The van der Waals surface area contributed by atoms with Gasteiger partial charge in [0.25, 0.3) is 0 Å². The van der Waals surface area contributed by atoms with E-state index in [0.29, 0.717) is 6.42 Å². The molecule has 0 aliphatic rings. The van der Waals surface area contributed by atoms with Crippen molar-refractivity contribution in [3.8, 4) is 0 Å². The maximum absolute atomic E-state index is 10.9. The molecule has 0 aromatic heterocycles. The first-order valence-corrected chi connectivity index (χ1v) is 9.34. The van der Waals surface area contributed by atoms with Crippen molar-refractivity contribution in [1.29, 1.82) is 0 Å². The highest BCUT2D eigenvalue weighted by Crippen LogP contribution is 2.08. The Labute approximate surface area is 143 Å². The number of esters is 1. The second-order valence-electron chi connectivity index (χ2n) is 5.93. The second kappa shape index (κ2) is 18.7. The number of methoxy groups -OCH3 is 1. The minimum atomic E-state index is -0.143. The average molecular weight is 321 g/mol. The number of carbonyl (C=O) groups excluding carboxylic acids is 1. The Morgan fingerprint density at radius 1 is 0.739 bits per heavy atom. The fraction of sp³-hybridized carbons (Fsp3) is 0.667.